The number of benzene rings is 1. The first-order valence-corrected chi connectivity index (χ1v) is 8.20. The van der Waals surface area contributed by atoms with Gasteiger partial charge in [0.05, 0.1) is 31.8 Å². The Bertz CT molecular complexity index is 728. The molecule has 0 aliphatic carbocycles. The summed E-state index contributed by atoms with van der Waals surface area (Å²) in [6.07, 6.45) is 1.20. The van der Waals surface area contributed by atoms with Gasteiger partial charge in [0.2, 0.25) is 5.91 Å². The summed E-state index contributed by atoms with van der Waals surface area (Å²) in [4.78, 5) is 36.5. The number of rotatable bonds is 5. The van der Waals surface area contributed by atoms with Crippen molar-refractivity contribution in [2.45, 2.75) is 19.1 Å². The first kappa shape index (κ1) is 17.9. The second-order valence-corrected chi connectivity index (χ2v) is 5.82. The molecule has 1 aromatic carbocycles. The lowest BCUT2D eigenvalue weighted by molar-refractivity contribution is -0.148. The molecule has 4 unspecified atom stereocenters. The third kappa shape index (κ3) is 3.55. The van der Waals surface area contributed by atoms with Gasteiger partial charge in [0.25, 0.3) is 0 Å². The van der Waals surface area contributed by atoms with E-state index in [9.17, 15) is 14.4 Å². The van der Waals surface area contributed by atoms with E-state index in [-0.39, 0.29) is 6.61 Å². The zero-order valence-electron chi connectivity index (χ0n) is 14.3. The molecule has 2 aliphatic heterocycles. The molecule has 1 N–H and O–H groups in total. The van der Waals surface area contributed by atoms with Gasteiger partial charge < -0.3 is 24.3 Å². The summed E-state index contributed by atoms with van der Waals surface area (Å²) in [6.45, 7) is 1.68. The molecule has 1 amide bonds. The molecule has 2 bridgehead atoms. The number of fused-ring (bicyclic) bond motifs is 2. The second-order valence-electron chi connectivity index (χ2n) is 5.82. The summed E-state index contributed by atoms with van der Waals surface area (Å²) in [7, 11) is 1.55. The number of hydrogen-bond acceptors (Lipinski definition) is 7. The molecule has 138 valence electrons. The molecular formula is C18H19NO7. The van der Waals surface area contributed by atoms with Crippen LogP contribution in [0.4, 0.5) is 10.5 Å². The average molecular weight is 361 g/mol. The van der Waals surface area contributed by atoms with Crippen molar-refractivity contribution in [3.63, 3.8) is 0 Å². The first-order chi connectivity index (χ1) is 12.5. The van der Waals surface area contributed by atoms with E-state index >= 15 is 0 Å². The van der Waals surface area contributed by atoms with Crippen molar-refractivity contribution >= 4 is 23.7 Å². The number of anilines is 1. The van der Waals surface area contributed by atoms with Crippen molar-refractivity contribution in [3.8, 4) is 5.75 Å². The number of amides is 1. The summed E-state index contributed by atoms with van der Waals surface area (Å²) in [5.74, 6) is -2.28. The fourth-order valence-corrected chi connectivity index (χ4v) is 3.10. The van der Waals surface area contributed by atoms with Crippen molar-refractivity contribution in [2.75, 3.05) is 19.0 Å². The molecule has 3 rings (SSSR count). The molecule has 0 aromatic heterocycles. The zero-order chi connectivity index (χ0) is 18.7. The van der Waals surface area contributed by atoms with Crippen molar-refractivity contribution in [1.29, 1.82) is 0 Å². The van der Waals surface area contributed by atoms with Crippen molar-refractivity contribution in [3.05, 3.63) is 36.4 Å². The molecule has 8 nitrogen and oxygen atoms in total. The van der Waals surface area contributed by atoms with Gasteiger partial charge in [-0.25, -0.2) is 4.79 Å². The third-order valence-electron chi connectivity index (χ3n) is 4.28. The number of nitrogens with one attached hydrogen (secondary N) is 1. The van der Waals surface area contributed by atoms with Crippen molar-refractivity contribution < 1.29 is 33.3 Å². The Morgan fingerprint density at radius 1 is 1.08 bits per heavy atom. The minimum absolute atomic E-state index is 0.0839. The standard InChI is InChI=1S/C18H19NO7/c1-3-24-18(22)26-17(21)15-13-9-8-12(25-13)14(15)16(20)19-10-4-6-11(23-2)7-5-10/h4-9,12-15H,3H2,1-2H3,(H,19,20). The predicted molar refractivity (Wildman–Crippen MR) is 89.5 cm³/mol. The van der Waals surface area contributed by atoms with E-state index in [1.165, 1.54) is 0 Å². The molecule has 2 aliphatic rings. The van der Waals surface area contributed by atoms with Gasteiger partial charge in [0, 0.05) is 5.69 Å². The van der Waals surface area contributed by atoms with Crippen LogP contribution in [0.5, 0.6) is 5.75 Å². The van der Waals surface area contributed by atoms with Crippen LogP contribution in [0.3, 0.4) is 0 Å². The lowest BCUT2D eigenvalue weighted by atomic mass is 9.82. The smallest absolute Gasteiger partial charge is 0.497 e. The van der Waals surface area contributed by atoms with Crippen LogP contribution in [0.15, 0.2) is 36.4 Å². The Kier molecular flexibility index (Phi) is 5.22. The molecule has 0 saturated carbocycles. The lowest BCUT2D eigenvalue weighted by Gasteiger charge is -2.22. The monoisotopic (exact) mass is 361 g/mol. The molecule has 8 heteroatoms. The van der Waals surface area contributed by atoms with Gasteiger partial charge in [0.15, 0.2) is 0 Å². The second kappa shape index (κ2) is 7.57. The van der Waals surface area contributed by atoms with Gasteiger partial charge in [-0.15, -0.1) is 0 Å². The van der Waals surface area contributed by atoms with E-state index in [0.29, 0.717) is 11.4 Å². The molecule has 1 aromatic rings. The molecule has 2 heterocycles. The highest BCUT2D eigenvalue weighted by molar-refractivity contribution is 5.98. The molecule has 0 spiro atoms. The first-order valence-electron chi connectivity index (χ1n) is 8.20. The average Bonchev–Trinajstić information content (AvgIpc) is 3.23. The fraction of sp³-hybridized carbons (Fsp3) is 0.389. The highest BCUT2D eigenvalue weighted by atomic mass is 16.7. The highest BCUT2D eigenvalue weighted by Gasteiger charge is 2.54. The maximum Gasteiger partial charge on any atom is 0.516 e. The summed E-state index contributed by atoms with van der Waals surface area (Å²) in [6, 6.07) is 6.79. The minimum atomic E-state index is -1.08. The molecule has 4 atom stereocenters. The van der Waals surface area contributed by atoms with Crippen molar-refractivity contribution in [2.24, 2.45) is 11.8 Å². The van der Waals surface area contributed by atoms with Crippen LogP contribution in [0.25, 0.3) is 0 Å². The molecule has 1 saturated heterocycles. The predicted octanol–water partition coefficient (Wildman–Crippen LogP) is 1.90. The number of esters is 1. The minimum Gasteiger partial charge on any atom is -0.497 e. The largest absolute Gasteiger partial charge is 0.516 e. The number of carbonyl (C=O) groups is 3. The molecule has 1 fully saturated rings. The Hall–Kier alpha value is -2.87. The van der Waals surface area contributed by atoms with E-state index in [1.807, 2.05) is 0 Å². The van der Waals surface area contributed by atoms with Crippen LogP contribution in [0.2, 0.25) is 0 Å². The Morgan fingerprint density at radius 3 is 2.35 bits per heavy atom. The molecule has 0 radical (unpaired) electrons. The SMILES string of the molecule is CCOC(=O)OC(=O)C1C2C=CC(O2)C1C(=O)Nc1ccc(OC)cc1. The summed E-state index contributed by atoms with van der Waals surface area (Å²) in [5.41, 5.74) is 0.556. The van der Waals surface area contributed by atoms with Gasteiger partial charge in [0.1, 0.15) is 11.7 Å². The number of ether oxygens (including phenoxy) is 4. The van der Waals surface area contributed by atoms with Gasteiger partial charge in [-0.2, -0.15) is 0 Å². The van der Waals surface area contributed by atoms with E-state index < -0.39 is 42.1 Å². The summed E-state index contributed by atoms with van der Waals surface area (Å²) >= 11 is 0. The van der Waals surface area contributed by atoms with Gasteiger partial charge in [-0.3, -0.25) is 9.59 Å². The summed E-state index contributed by atoms with van der Waals surface area (Å²) in [5, 5.41) is 2.75. The van der Waals surface area contributed by atoms with E-state index in [0.717, 1.165) is 0 Å². The normalized spacial score (nSPS) is 25.6. The fourth-order valence-electron chi connectivity index (χ4n) is 3.10. The zero-order valence-corrected chi connectivity index (χ0v) is 14.3. The van der Waals surface area contributed by atoms with Gasteiger partial charge in [-0.05, 0) is 31.2 Å². The maximum atomic E-state index is 12.7. The van der Waals surface area contributed by atoms with E-state index in [2.05, 4.69) is 14.8 Å². The number of hydrogen-bond donors (Lipinski definition) is 1. The van der Waals surface area contributed by atoms with Crippen LogP contribution >= 0.6 is 0 Å². The maximum absolute atomic E-state index is 12.7. The Balaban J connectivity index is 1.71. The van der Waals surface area contributed by atoms with Crippen LogP contribution in [-0.2, 0) is 23.8 Å². The van der Waals surface area contributed by atoms with Crippen molar-refractivity contribution in [1.82, 2.24) is 0 Å². The quantitative estimate of drug-likeness (QED) is 0.486. The molecule has 26 heavy (non-hydrogen) atoms. The highest BCUT2D eigenvalue weighted by Crippen LogP contribution is 2.40. The Morgan fingerprint density at radius 2 is 1.73 bits per heavy atom. The molecular weight excluding hydrogens is 342 g/mol. The van der Waals surface area contributed by atoms with Crippen LogP contribution in [0, 0.1) is 11.8 Å². The van der Waals surface area contributed by atoms with Crippen LogP contribution in [0.1, 0.15) is 6.92 Å². The van der Waals surface area contributed by atoms with E-state index in [4.69, 9.17) is 9.47 Å². The summed E-state index contributed by atoms with van der Waals surface area (Å²) < 4.78 is 20.0. The number of carbonyl (C=O) groups excluding carboxylic acids is 3. The third-order valence-corrected chi connectivity index (χ3v) is 4.28. The van der Waals surface area contributed by atoms with Crippen LogP contribution in [-0.4, -0.2) is 44.0 Å². The van der Waals surface area contributed by atoms with Crippen LogP contribution < -0.4 is 10.1 Å². The van der Waals surface area contributed by atoms with E-state index in [1.54, 1.807) is 50.5 Å². The van der Waals surface area contributed by atoms with Gasteiger partial charge >= 0.3 is 12.1 Å². The topological polar surface area (TPSA) is 100 Å². The Labute approximate surface area is 150 Å². The van der Waals surface area contributed by atoms with Gasteiger partial charge in [-0.1, -0.05) is 12.2 Å². The number of methoxy groups -OCH3 is 1. The lowest BCUT2D eigenvalue weighted by Crippen LogP contribution is -2.40.